The summed E-state index contributed by atoms with van der Waals surface area (Å²) >= 11 is 0. The zero-order valence-corrected chi connectivity index (χ0v) is 7.64. The lowest BCUT2D eigenvalue weighted by Crippen LogP contribution is -2.19. The summed E-state index contributed by atoms with van der Waals surface area (Å²) in [4.78, 5) is 9.49. The molecule has 0 aromatic carbocycles. The highest BCUT2D eigenvalue weighted by Gasteiger charge is 1.82. The number of carboxylic acid groups (broad SMARTS) is 1. The molecule has 0 saturated heterocycles. The van der Waals surface area contributed by atoms with Crippen molar-refractivity contribution in [2.45, 2.75) is 27.7 Å². The van der Waals surface area contributed by atoms with Crippen LogP contribution in [0.4, 0.5) is 4.79 Å². The Labute approximate surface area is 68.1 Å². The average Bonchev–Trinajstić information content (AvgIpc) is 1.89. The number of carbonyl (C=O) groups is 1. The van der Waals surface area contributed by atoms with E-state index < -0.39 is 6.09 Å². The van der Waals surface area contributed by atoms with Gasteiger partial charge in [-0.05, 0) is 27.7 Å². The van der Waals surface area contributed by atoms with E-state index in [0.717, 1.165) is 0 Å². The molecule has 0 aromatic heterocycles. The molecule has 0 bridgehead atoms. The van der Waals surface area contributed by atoms with E-state index in [9.17, 15) is 4.79 Å². The van der Waals surface area contributed by atoms with Gasteiger partial charge in [-0.3, -0.25) is 0 Å². The second-order valence-corrected chi connectivity index (χ2v) is 2.20. The Balaban J connectivity index is 0. The van der Waals surface area contributed by atoms with Gasteiger partial charge in [0.05, 0.1) is 0 Å². The molecule has 66 valence electrons. The first-order valence-corrected chi connectivity index (χ1v) is 3.60. The smallest absolute Gasteiger partial charge is 0.404 e. The van der Waals surface area contributed by atoms with Gasteiger partial charge in [-0.1, -0.05) is 11.6 Å². The molecule has 0 rings (SSSR count). The van der Waals surface area contributed by atoms with Crippen molar-refractivity contribution in [3.63, 3.8) is 0 Å². The maximum atomic E-state index is 9.49. The molecule has 0 saturated carbocycles. The van der Waals surface area contributed by atoms with Gasteiger partial charge in [0.1, 0.15) is 0 Å². The molecule has 0 aliphatic rings. The molecule has 0 spiro atoms. The lowest BCUT2D eigenvalue weighted by molar-refractivity contribution is 0.195. The number of allylic oxidation sites excluding steroid dienone is 2. The summed E-state index contributed by atoms with van der Waals surface area (Å²) in [5.41, 5.74) is 1.38. The summed E-state index contributed by atoms with van der Waals surface area (Å²) < 4.78 is 0. The third kappa shape index (κ3) is 27.5. The summed E-state index contributed by atoms with van der Waals surface area (Å²) in [5, 5.41) is 9.93. The van der Waals surface area contributed by atoms with Crippen LogP contribution in [0.3, 0.4) is 0 Å². The van der Waals surface area contributed by atoms with Gasteiger partial charge in [-0.25, -0.2) is 4.79 Å². The highest BCUT2D eigenvalue weighted by molar-refractivity contribution is 5.64. The molecular formula is C8H17NO2. The van der Waals surface area contributed by atoms with Gasteiger partial charge in [0.25, 0.3) is 0 Å². The second kappa shape index (κ2) is 9.01. The first kappa shape index (κ1) is 12.7. The van der Waals surface area contributed by atoms with E-state index >= 15 is 0 Å². The quantitative estimate of drug-likeness (QED) is 0.576. The van der Waals surface area contributed by atoms with Gasteiger partial charge in [0.2, 0.25) is 0 Å². The van der Waals surface area contributed by atoms with Crippen molar-refractivity contribution in [2.75, 3.05) is 6.54 Å². The van der Waals surface area contributed by atoms with E-state index in [0.29, 0.717) is 6.54 Å². The maximum Gasteiger partial charge on any atom is 0.404 e. The van der Waals surface area contributed by atoms with Crippen LogP contribution < -0.4 is 5.32 Å². The van der Waals surface area contributed by atoms with Gasteiger partial charge in [0, 0.05) is 6.54 Å². The molecule has 0 radical (unpaired) electrons. The van der Waals surface area contributed by atoms with Crippen molar-refractivity contribution in [1.29, 1.82) is 0 Å². The molecule has 0 heterocycles. The van der Waals surface area contributed by atoms with Crippen molar-refractivity contribution < 1.29 is 9.90 Å². The van der Waals surface area contributed by atoms with Crippen molar-refractivity contribution in [3.05, 3.63) is 11.6 Å². The topological polar surface area (TPSA) is 49.3 Å². The molecule has 0 unspecified atom stereocenters. The van der Waals surface area contributed by atoms with E-state index in [1.165, 1.54) is 5.57 Å². The van der Waals surface area contributed by atoms with Crippen molar-refractivity contribution in [1.82, 2.24) is 5.32 Å². The Morgan fingerprint density at radius 1 is 1.55 bits per heavy atom. The summed E-state index contributed by atoms with van der Waals surface area (Å²) in [6.07, 6.45) is 1.12. The third-order valence-corrected chi connectivity index (χ3v) is 0.905. The van der Waals surface area contributed by atoms with E-state index in [4.69, 9.17) is 5.11 Å². The second-order valence-electron chi connectivity index (χ2n) is 2.20. The molecule has 0 aliphatic heterocycles. The Hall–Kier alpha value is -0.990. The van der Waals surface area contributed by atoms with Crippen molar-refractivity contribution in [3.8, 4) is 0 Å². The Morgan fingerprint density at radius 2 is 1.91 bits per heavy atom. The summed E-state index contributed by atoms with van der Waals surface area (Å²) in [6, 6.07) is 0. The number of hydrogen-bond donors (Lipinski definition) is 2. The van der Waals surface area contributed by atoms with Gasteiger partial charge in [0.15, 0.2) is 0 Å². The standard InChI is InChI=1S/C5H10.C3H7NO2/c1-4-5(2)3;1-2-4-3(5)6/h4H,1-3H3;4H,2H2,1H3,(H,5,6). The highest BCUT2D eigenvalue weighted by Crippen LogP contribution is 1.82. The predicted octanol–water partition coefficient (Wildman–Crippen LogP) is 2.25. The average molecular weight is 159 g/mol. The molecule has 0 aromatic rings. The van der Waals surface area contributed by atoms with E-state index in [-0.39, 0.29) is 0 Å². The number of nitrogens with one attached hydrogen (secondary N) is 1. The molecule has 2 N–H and O–H groups in total. The minimum Gasteiger partial charge on any atom is -0.465 e. The summed E-state index contributed by atoms with van der Waals surface area (Å²) in [5.74, 6) is 0. The van der Waals surface area contributed by atoms with E-state index in [1.54, 1.807) is 6.92 Å². The normalized spacial score (nSPS) is 7.27. The molecule has 0 atom stereocenters. The molecule has 11 heavy (non-hydrogen) atoms. The number of rotatable bonds is 1. The highest BCUT2D eigenvalue weighted by atomic mass is 16.4. The summed E-state index contributed by atoms with van der Waals surface area (Å²) in [6.45, 7) is 8.42. The SMILES string of the molecule is CC=C(C)C.CCNC(=O)O. The van der Waals surface area contributed by atoms with Crippen molar-refractivity contribution >= 4 is 6.09 Å². The zero-order chi connectivity index (χ0) is 9.28. The fourth-order valence-electron chi connectivity index (χ4n) is 0.151. The molecule has 1 amide bonds. The van der Waals surface area contributed by atoms with E-state index in [2.05, 4.69) is 25.2 Å². The first-order valence-electron chi connectivity index (χ1n) is 3.60. The molecule has 3 heteroatoms. The van der Waals surface area contributed by atoms with Crippen LogP contribution in [0.15, 0.2) is 11.6 Å². The van der Waals surface area contributed by atoms with Crippen LogP contribution in [-0.2, 0) is 0 Å². The Bertz CT molecular complexity index is 126. The predicted molar refractivity (Wildman–Crippen MR) is 46.8 cm³/mol. The van der Waals surface area contributed by atoms with Crippen LogP contribution in [0.5, 0.6) is 0 Å². The Kier molecular flexibility index (Phi) is 10.4. The monoisotopic (exact) mass is 159 g/mol. The Morgan fingerprint density at radius 3 is 1.91 bits per heavy atom. The van der Waals surface area contributed by atoms with Crippen LogP contribution in [-0.4, -0.2) is 17.7 Å². The van der Waals surface area contributed by atoms with Crippen LogP contribution in [0, 0.1) is 0 Å². The molecule has 3 nitrogen and oxygen atoms in total. The lowest BCUT2D eigenvalue weighted by Gasteiger charge is -1.87. The minimum absolute atomic E-state index is 0.481. The maximum absolute atomic E-state index is 9.49. The first-order chi connectivity index (χ1) is 5.04. The third-order valence-electron chi connectivity index (χ3n) is 0.905. The van der Waals surface area contributed by atoms with Crippen LogP contribution in [0.1, 0.15) is 27.7 Å². The van der Waals surface area contributed by atoms with Gasteiger partial charge < -0.3 is 10.4 Å². The molecular weight excluding hydrogens is 142 g/mol. The summed E-state index contributed by atoms with van der Waals surface area (Å²) in [7, 11) is 0. The van der Waals surface area contributed by atoms with Crippen LogP contribution in [0.25, 0.3) is 0 Å². The zero-order valence-electron chi connectivity index (χ0n) is 7.64. The van der Waals surface area contributed by atoms with Gasteiger partial charge >= 0.3 is 6.09 Å². The fraction of sp³-hybridized carbons (Fsp3) is 0.625. The number of amides is 1. The minimum atomic E-state index is -0.961. The largest absolute Gasteiger partial charge is 0.465 e. The van der Waals surface area contributed by atoms with Crippen molar-refractivity contribution in [2.24, 2.45) is 0 Å². The molecule has 0 fully saturated rings. The fourth-order valence-corrected chi connectivity index (χ4v) is 0.151. The lowest BCUT2D eigenvalue weighted by atomic mass is 10.3. The van der Waals surface area contributed by atoms with Crippen LogP contribution >= 0.6 is 0 Å². The van der Waals surface area contributed by atoms with E-state index in [1.807, 2.05) is 6.92 Å². The molecule has 0 aliphatic carbocycles. The van der Waals surface area contributed by atoms with Gasteiger partial charge in [-0.2, -0.15) is 0 Å². The number of hydrogen-bond acceptors (Lipinski definition) is 1. The van der Waals surface area contributed by atoms with Gasteiger partial charge in [-0.15, -0.1) is 0 Å². The van der Waals surface area contributed by atoms with Crippen LogP contribution in [0.2, 0.25) is 0 Å².